The number of hydrogen-bond donors (Lipinski definition) is 3. The first-order valence-electron chi connectivity index (χ1n) is 9.18. The number of unbranched alkanes of at least 4 members (excludes halogenated alkanes) is 1. The van der Waals surface area contributed by atoms with Crippen molar-refractivity contribution in [3.8, 4) is 0 Å². The summed E-state index contributed by atoms with van der Waals surface area (Å²) in [7, 11) is 1.86. The summed E-state index contributed by atoms with van der Waals surface area (Å²) in [4.78, 5) is 15.1. The number of carbonyl (C=O) groups is 1. The van der Waals surface area contributed by atoms with Gasteiger partial charge in [0.25, 0.3) is 5.91 Å². The highest BCUT2D eigenvalue weighted by molar-refractivity contribution is 7.96. The Labute approximate surface area is 167 Å². The maximum Gasteiger partial charge on any atom is 0.251 e. The van der Waals surface area contributed by atoms with E-state index in [-0.39, 0.29) is 5.91 Å². The number of allylic oxidation sites excluding steroid dienone is 3. The molecule has 0 saturated carbocycles. The van der Waals surface area contributed by atoms with E-state index >= 15 is 0 Å². The van der Waals surface area contributed by atoms with Gasteiger partial charge in [-0.2, -0.15) is 0 Å². The fourth-order valence-electron chi connectivity index (χ4n) is 3.13. The average Bonchev–Trinajstić information content (AvgIpc) is 2.75. The lowest BCUT2D eigenvalue weighted by atomic mass is 9.78. The largest absolute Gasteiger partial charge is 0.344 e. The molecule has 1 aliphatic rings. The van der Waals surface area contributed by atoms with Gasteiger partial charge in [-0.1, -0.05) is 60.5 Å². The Hall–Kier alpha value is -1.89. The Bertz CT molecular complexity index is 632. The van der Waals surface area contributed by atoms with Crippen LogP contribution in [0, 0.1) is 5.41 Å². The van der Waals surface area contributed by atoms with Gasteiger partial charge < -0.3 is 16.0 Å². The van der Waals surface area contributed by atoms with Crippen LogP contribution in [0.5, 0.6) is 0 Å². The first-order chi connectivity index (χ1) is 13.1. The Balaban J connectivity index is 0.00000176. The van der Waals surface area contributed by atoms with E-state index in [1.807, 2.05) is 55.8 Å². The lowest BCUT2D eigenvalue weighted by Crippen LogP contribution is -2.53. The van der Waals surface area contributed by atoms with Crippen LogP contribution in [0.25, 0.3) is 0 Å². The Morgan fingerprint density at radius 3 is 2.63 bits per heavy atom. The van der Waals surface area contributed by atoms with E-state index in [0.29, 0.717) is 6.54 Å². The number of rotatable bonds is 9. The number of amides is 1. The Morgan fingerprint density at radius 2 is 2.04 bits per heavy atom. The number of carbonyl (C=O) groups excluding carboxylic acids is 1. The monoisotopic (exact) mass is 388 g/mol. The summed E-state index contributed by atoms with van der Waals surface area (Å²) >= 11 is 1.62. The van der Waals surface area contributed by atoms with Crippen molar-refractivity contribution in [3.05, 3.63) is 59.7 Å². The van der Waals surface area contributed by atoms with Gasteiger partial charge in [0.15, 0.2) is 0 Å². The van der Waals surface area contributed by atoms with E-state index in [1.54, 1.807) is 16.8 Å². The third-order valence-electron chi connectivity index (χ3n) is 4.60. The van der Waals surface area contributed by atoms with Crippen molar-refractivity contribution in [1.82, 2.24) is 9.62 Å². The van der Waals surface area contributed by atoms with Crippen molar-refractivity contribution in [3.63, 3.8) is 0 Å². The molecule has 0 saturated heterocycles. The van der Waals surface area contributed by atoms with Gasteiger partial charge in [-0.25, -0.2) is 0 Å². The van der Waals surface area contributed by atoms with Crippen LogP contribution >= 0.6 is 11.9 Å². The number of likely N-dealkylation sites (N-methyl/N-ethyl adjacent to an activating group) is 1. The van der Waals surface area contributed by atoms with Crippen LogP contribution in [0.4, 0.5) is 0 Å². The van der Waals surface area contributed by atoms with Crippen LogP contribution in [0.2, 0.25) is 0 Å². The predicted octanol–water partition coefficient (Wildman–Crippen LogP) is 3.49. The summed E-state index contributed by atoms with van der Waals surface area (Å²) in [5, 5.41) is 5.50. The van der Waals surface area contributed by atoms with E-state index in [9.17, 15) is 4.79 Å². The smallest absolute Gasteiger partial charge is 0.251 e. The highest BCUT2D eigenvalue weighted by Gasteiger charge is 2.41. The van der Waals surface area contributed by atoms with Gasteiger partial charge in [-0.15, -0.1) is 0 Å². The van der Waals surface area contributed by atoms with Gasteiger partial charge in [-0.05, 0) is 49.8 Å². The van der Waals surface area contributed by atoms with E-state index in [2.05, 4.69) is 17.5 Å². The van der Waals surface area contributed by atoms with Gasteiger partial charge in [-0.3, -0.25) is 9.52 Å². The first-order valence-corrected chi connectivity index (χ1v) is 10.4. The van der Waals surface area contributed by atoms with Crippen molar-refractivity contribution < 1.29 is 4.79 Å². The highest BCUT2D eigenvalue weighted by atomic mass is 32.2. The Morgan fingerprint density at radius 1 is 1.33 bits per heavy atom. The van der Waals surface area contributed by atoms with Crippen LogP contribution in [0.1, 0.15) is 31.2 Å². The van der Waals surface area contributed by atoms with Gasteiger partial charge in [0.1, 0.15) is 5.54 Å². The number of nitrogens with two attached hydrogens (primary N) is 1. The van der Waals surface area contributed by atoms with Crippen molar-refractivity contribution in [2.24, 2.45) is 5.73 Å². The van der Waals surface area contributed by atoms with Crippen molar-refractivity contribution in [2.75, 3.05) is 26.4 Å². The maximum absolute atomic E-state index is 13.3. The van der Waals surface area contributed by atoms with E-state index < -0.39 is 5.54 Å². The minimum atomic E-state index is -1.09. The minimum Gasteiger partial charge on any atom is -0.344 e. The quantitative estimate of drug-likeness (QED) is 0.344. The lowest BCUT2D eigenvalue weighted by Gasteiger charge is -2.36. The summed E-state index contributed by atoms with van der Waals surface area (Å²) in [6.07, 6.45) is 11.9. The molecule has 6 heteroatoms. The zero-order valence-electron chi connectivity index (χ0n) is 16.4. The van der Waals surface area contributed by atoms with E-state index in [0.717, 1.165) is 43.4 Å². The molecule has 27 heavy (non-hydrogen) atoms. The van der Waals surface area contributed by atoms with Crippen molar-refractivity contribution in [1.29, 1.82) is 5.41 Å². The maximum atomic E-state index is 13.3. The molecule has 1 unspecified atom stereocenters. The van der Waals surface area contributed by atoms with Crippen LogP contribution in [0.3, 0.4) is 0 Å². The standard InChI is InChI=1S/C20H29N3OS.CH3N/c1-23(16-10-9-15-22-25-2)19(24)20(21,17-11-5-3-6-12-17)18-13-7-4-8-14-18;1-2/h3-7,11-13,22H,8-10,14-16,21H2,1-2H3;2H,1H2. The summed E-state index contributed by atoms with van der Waals surface area (Å²) < 4.78 is 3.23. The molecule has 1 aromatic rings. The Kier molecular flexibility index (Phi) is 10.7. The van der Waals surface area contributed by atoms with Crippen LogP contribution in [-0.4, -0.2) is 43.9 Å². The third-order valence-corrected chi connectivity index (χ3v) is 5.09. The molecule has 0 bridgehead atoms. The SMILES string of the molecule is C=N.CSNCCCCN(C)C(=O)C(N)(C1=CC=CCC1)c1ccccc1. The average molecular weight is 389 g/mol. The highest BCUT2D eigenvalue weighted by Crippen LogP contribution is 2.33. The summed E-state index contributed by atoms with van der Waals surface area (Å²) in [5.41, 5.74) is 7.54. The van der Waals surface area contributed by atoms with E-state index in [1.165, 1.54) is 0 Å². The molecular formula is C21H32N4OS. The molecular weight excluding hydrogens is 356 g/mol. The summed E-state index contributed by atoms with van der Waals surface area (Å²) in [6.45, 7) is 4.16. The van der Waals surface area contributed by atoms with Gasteiger partial charge in [0.2, 0.25) is 0 Å². The summed E-state index contributed by atoms with van der Waals surface area (Å²) in [6, 6.07) is 9.74. The molecule has 1 aromatic carbocycles. The summed E-state index contributed by atoms with van der Waals surface area (Å²) in [5.74, 6) is -0.0296. The topological polar surface area (TPSA) is 82.2 Å². The van der Waals surface area contributed by atoms with E-state index in [4.69, 9.17) is 11.1 Å². The lowest BCUT2D eigenvalue weighted by molar-refractivity contribution is -0.134. The third kappa shape index (κ3) is 6.34. The molecule has 148 valence electrons. The van der Waals surface area contributed by atoms with Crippen LogP contribution in [0.15, 0.2) is 54.1 Å². The van der Waals surface area contributed by atoms with Crippen molar-refractivity contribution in [2.45, 2.75) is 31.2 Å². The minimum absolute atomic E-state index is 0.0296. The molecule has 1 atom stereocenters. The number of benzene rings is 1. The predicted molar refractivity (Wildman–Crippen MR) is 117 cm³/mol. The second-order valence-electron chi connectivity index (χ2n) is 6.37. The molecule has 1 aliphatic carbocycles. The van der Waals surface area contributed by atoms with Crippen LogP contribution < -0.4 is 10.5 Å². The molecule has 4 N–H and O–H groups in total. The molecule has 5 nitrogen and oxygen atoms in total. The van der Waals surface area contributed by atoms with Gasteiger partial charge in [0.05, 0.1) is 0 Å². The van der Waals surface area contributed by atoms with Crippen molar-refractivity contribution >= 4 is 24.6 Å². The zero-order chi connectivity index (χ0) is 20.1. The number of hydrogen-bond acceptors (Lipinski definition) is 5. The first kappa shape index (κ1) is 23.1. The molecule has 0 fully saturated rings. The second-order valence-corrected chi connectivity index (χ2v) is 7.06. The molecule has 1 amide bonds. The van der Waals surface area contributed by atoms with Crippen LogP contribution in [-0.2, 0) is 10.3 Å². The molecule has 2 rings (SSSR count). The number of nitrogens with zero attached hydrogens (tertiary/aromatic N) is 1. The van der Waals surface area contributed by atoms with Gasteiger partial charge >= 0.3 is 0 Å². The normalized spacial score (nSPS) is 15.1. The second kappa shape index (κ2) is 12.5. The van der Waals surface area contributed by atoms with Gasteiger partial charge in [0, 0.05) is 20.1 Å². The number of nitrogens with one attached hydrogen (secondary N) is 2. The fraction of sp³-hybridized carbons (Fsp3) is 0.429. The molecule has 0 spiro atoms. The molecule has 0 aromatic heterocycles. The fourth-order valence-corrected chi connectivity index (χ4v) is 3.48. The zero-order valence-corrected chi connectivity index (χ0v) is 17.2. The molecule has 0 radical (unpaired) electrons. The molecule has 0 aliphatic heterocycles. The molecule has 0 heterocycles.